The van der Waals surface area contributed by atoms with Crippen molar-refractivity contribution in [1.29, 1.82) is 0 Å². The molecule has 0 saturated carbocycles. The van der Waals surface area contributed by atoms with E-state index < -0.39 is 0 Å². The van der Waals surface area contributed by atoms with Crippen molar-refractivity contribution in [3.05, 3.63) is 42.6 Å². The van der Waals surface area contributed by atoms with Gasteiger partial charge in [0, 0.05) is 37.2 Å². The molecule has 5 heteroatoms. The maximum Gasteiger partial charge on any atom is 0.254 e. The van der Waals surface area contributed by atoms with E-state index in [1.54, 1.807) is 46.5 Å². The lowest BCUT2D eigenvalue weighted by Gasteiger charge is -2.18. The lowest BCUT2D eigenvalue weighted by atomic mass is 10.2. The van der Waals surface area contributed by atoms with E-state index in [1.165, 1.54) is 0 Å². The number of pyridine rings is 1. The number of amides is 1. The van der Waals surface area contributed by atoms with Gasteiger partial charge in [-0.15, -0.1) is 0 Å². The fourth-order valence-corrected chi connectivity index (χ4v) is 1.78. The van der Waals surface area contributed by atoms with Gasteiger partial charge in [0.2, 0.25) is 0 Å². The molecule has 0 aliphatic carbocycles. The first-order valence-corrected chi connectivity index (χ1v) is 6.00. The Kier molecular flexibility index (Phi) is 3.72. The van der Waals surface area contributed by atoms with Gasteiger partial charge in [0.1, 0.15) is 12.1 Å². The minimum Gasteiger partial charge on any atom is -0.339 e. The van der Waals surface area contributed by atoms with Gasteiger partial charge < -0.3 is 4.90 Å². The van der Waals surface area contributed by atoms with Gasteiger partial charge in [-0.25, -0.2) is 9.97 Å². The third-order valence-corrected chi connectivity index (χ3v) is 2.81. The Morgan fingerprint density at radius 2 is 2.11 bits per heavy atom. The highest BCUT2D eigenvalue weighted by molar-refractivity contribution is 5.94. The molecule has 0 radical (unpaired) electrons. The number of imidazole rings is 1. The van der Waals surface area contributed by atoms with Crippen LogP contribution in [0.25, 0.3) is 5.82 Å². The van der Waals surface area contributed by atoms with E-state index in [9.17, 15) is 4.79 Å². The molecule has 5 nitrogen and oxygen atoms in total. The van der Waals surface area contributed by atoms with Crippen LogP contribution in [0.15, 0.2) is 37.1 Å². The third-order valence-electron chi connectivity index (χ3n) is 2.81. The molecule has 0 fully saturated rings. The summed E-state index contributed by atoms with van der Waals surface area (Å²) >= 11 is 0. The highest BCUT2D eigenvalue weighted by Gasteiger charge is 2.13. The number of aromatic nitrogens is 3. The van der Waals surface area contributed by atoms with Crippen LogP contribution in [-0.2, 0) is 0 Å². The molecule has 0 aliphatic heterocycles. The van der Waals surface area contributed by atoms with Gasteiger partial charge >= 0.3 is 0 Å². The van der Waals surface area contributed by atoms with Crippen molar-refractivity contribution in [2.75, 3.05) is 13.1 Å². The number of hydrogen-bond acceptors (Lipinski definition) is 3. The summed E-state index contributed by atoms with van der Waals surface area (Å²) in [5.41, 5.74) is 0.650. The van der Waals surface area contributed by atoms with Gasteiger partial charge in [-0.05, 0) is 26.0 Å². The second-order valence-corrected chi connectivity index (χ2v) is 3.85. The fraction of sp³-hybridized carbons (Fsp3) is 0.308. The maximum absolute atomic E-state index is 12.2. The van der Waals surface area contributed by atoms with Crippen LogP contribution < -0.4 is 0 Å². The van der Waals surface area contributed by atoms with Crippen LogP contribution in [0.1, 0.15) is 24.2 Å². The number of carbonyl (C=O) groups excluding carboxylic acids is 1. The molecule has 0 aromatic carbocycles. The Hall–Kier alpha value is -2.17. The van der Waals surface area contributed by atoms with Crippen molar-refractivity contribution >= 4 is 5.91 Å². The predicted octanol–water partition coefficient (Wildman–Crippen LogP) is 1.75. The fourth-order valence-electron chi connectivity index (χ4n) is 1.78. The summed E-state index contributed by atoms with van der Waals surface area (Å²) in [5, 5.41) is 0. The summed E-state index contributed by atoms with van der Waals surface area (Å²) in [4.78, 5) is 22.2. The Morgan fingerprint density at radius 3 is 2.72 bits per heavy atom. The Bertz CT molecular complexity index is 518. The molecule has 0 aliphatic rings. The SMILES string of the molecule is CCN(CC)C(=O)c1ccnc(-n2ccnc2)c1. The molecule has 0 N–H and O–H groups in total. The van der Waals surface area contributed by atoms with Gasteiger partial charge in [-0.2, -0.15) is 0 Å². The predicted molar refractivity (Wildman–Crippen MR) is 68.6 cm³/mol. The molecule has 94 valence electrons. The summed E-state index contributed by atoms with van der Waals surface area (Å²) < 4.78 is 1.78. The molecule has 18 heavy (non-hydrogen) atoms. The molecular weight excluding hydrogens is 228 g/mol. The van der Waals surface area contributed by atoms with Gasteiger partial charge in [-0.1, -0.05) is 0 Å². The molecule has 0 atom stereocenters. The van der Waals surface area contributed by atoms with Gasteiger partial charge in [-0.3, -0.25) is 9.36 Å². The average Bonchev–Trinajstić information content (AvgIpc) is 2.94. The van der Waals surface area contributed by atoms with E-state index >= 15 is 0 Å². The van der Waals surface area contributed by atoms with Crippen LogP contribution in [0.4, 0.5) is 0 Å². The zero-order chi connectivity index (χ0) is 13.0. The maximum atomic E-state index is 12.2. The number of nitrogens with zero attached hydrogens (tertiary/aromatic N) is 4. The van der Waals surface area contributed by atoms with Gasteiger partial charge in [0.25, 0.3) is 5.91 Å². The highest BCUT2D eigenvalue weighted by Crippen LogP contribution is 2.09. The van der Waals surface area contributed by atoms with Crippen LogP contribution in [0.3, 0.4) is 0 Å². The standard InChI is InChI=1S/C13H16N4O/c1-3-16(4-2)13(18)11-5-6-15-12(9-11)17-8-7-14-10-17/h5-10H,3-4H2,1-2H3. The van der Waals surface area contributed by atoms with Crippen molar-refractivity contribution in [1.82, 2.24) is 19.4 Å². The third kappa shape index (κ3) is 2.40. The number of carbonyl (C=O) groups is 1. The van der Waals surface area contributed by atoms with E-state index in [0.29, 0.717) is 24.5 Å². The van der Waals surface area contributed by atoms with Crippen molar-refractivity contribution in [2.24, 2.45) is 0 Å². The summed E-state index contributed by atoms with van der Waals surface area (Å²) in [7, 11) is 0. The second kappa shape index (κ2) is 5.44. The van der Waals surface area contributed by atoms with Gasteiger partial charge in [0.05, 0.1) is 0 Å². The number of hydrogen-bond donors (Lipinski definition) is 0. The molecular formula is C13H16N4O. The first-order chi connectivity index (χ1) is 8.76. The molecule has 2 aromatic heterocycles. The van der Waals surface area contributed by atoms with Crippen LogP contribution in [0.2, 0.25) is 0 Å². The lowest BCUT2D eigenvalue weighted by molar-refractivity contribution is 0.0773. The molecule has 2 rings (SSSR count). The summed E-state index contributed by atoms with van der Waals surface area (Å²) in [6, 6.07) is 3.52. The Morgan fingerprint density at radius 1 is 1.33 bits per heavy atom. The Balaban J connectivity index is 2.30. The first-order valence-electron chi connectivity index (χ1n) is 6.00. The van der Waals surface area contributed by atoms with Gasteiger partial charge in [0.15, 0.2) is 0 Å². The molecule has 0 saturated heterocycles. The Labute approximate surface area is 106 Å². The van der Waals surface area contributed by atoms with Crippen molar-refractivity contribution in [2.45, 2.75) is 13.8 Å². The summed E-state index contributed by atoms with van der Waals surface area (Å²) in [6.07, 6.45) is 6.79. The van der Waals surface area contributed by atoms with Crippen LogP contribution in [0.5, 0.6) is 0 Å². The lowest BCUT2D eigenvalue weighted by Crippen LogP contribution is -2.30. The molecule has 0 spiro atoms. The van der Waals surface area contributed by atoms with Crippen molar-refractivity contribution in [3.63, 3.8) is 0 Å². The van der Waals surface area contributed by atoms with Crippen LogP contribution in [-0.4, -0.2) is 38.4 Å². The van der Waals surface area contributed by atoms with E-state index in [-0.39, 0.29) is 5.91 Å². The van der Waals surface area contributed by atoms with E-state index in [0.717, 1.165) is 0 Å². The molecule has 2 aromatic rings. The molecule has 2 heterocycles. The van der Waals surface area contributed by atoms with E-state index in [4.69, 9.17) is 0 Å². The second-order valence-electron chi connectivity index (χ2n) is 3.85. The minimum absolute atomic E-state index is 0.0313. The highest BCUT2D eigenvalue weighted by atomic mass is 16.2. The van der Waals surface area contributed by atoms with Crippen molar-refractivity contribution < 1.29 is 4.79 Å². The molecule has 1 amide bonds. The van der Waals surface area contributed by atoms with Crippen molar-refractivity contribution in [3.8, 4) is 5.82 Å². The van der Waals surface area contributed by atoms with Crippen LogP contribution in [0, 0.1) is 0 Å². The largest absolute Gasteiger partial charge is 0.339 e. The smallest absolute Gasteiger partial charge is 0.254 e. The molecule has 0 bridgehead atoms. The summed E-state index contributed by atoms with van der Waals surface area (Å²) in [6.45, 7) is 5.36. The minimum atomic E-state index is 0.0313. The number of rotatable bonds is 4. The van der Waals surface area contributed by atoms with E-state index in [2.05, 4.69) is 9.97 Å². The zero-order valence-electron chi connectivity index (χ0n) is 10.6. The summed E-state index contributed by atoms with van der Waals surface area (Å²) in [5.74, 6) is 0.731. The van der Waals surface area contributed by atoms with E-state index in [1.807, 2.05) is 13.8 Å². The zero-order valence-corrected chi connectivity index (χ0v) is 10.6. The topological polar surface area (TPSA) is 51.0 Å². The first kappa shape index (κ1) is 12.3. The normalized spacial score (nSPS) is 10.3. The van der Waals surface area contributed by atoms with Crippen LogP contribution >= 0.6 is 0 Å². The monoisotopic (exact) mass is 244 g/mol. The average molecular weight is 244 g/mol. The quantitative estimate of drug-likeness (QED) is 0.823. The molecule has 0 unspecified atom stereocenters.